The Hall–Kier alpha value is -3.14. The van der Waals surface area contributed by atoms with Crippen molar-refractivity contribution >= 4 is 58.1 Å². The Bertz CT molecular complexity index is 1010. The van der Waals surface area contributed by atoms with Crippen LogP contribution in [0.15, 0.2) is 22.3 Å². The number of hydrogen-bond donors (Lipinski definition) is 3. The lowest BCUT2D eigenvalue weighted by molar-refractivity contribution is -0.174. The molecule has 1 fully saturated rings. The van der Waals surface area contributed by atoms with Crippen LogP contribution in [-0.4, -0.2) is 74.3 Å². The number of oxime groups is 1. The van der Waals surface area contributed by atoms with E-state index in [0.29, 0.717) is 6.41 Å². The van der Waals surface area contributed by atoms with Crippen LogP contribution in [0.5, 0.6) is 0 Å². The van der Waals surface area contributed by atoms with Crippen molar-refractivity contribution in [3.8, 4) is 0 Å². The van der Waals surface area contributed by atoms with Gasteiger partial charge in [0.1, 0.15) is 17.1 Å². The number of carbonyl (C=O) groups is 4. The maximum Gasteiger partial charge on any atom is 0.425 e. The minimum atomic E-state index is -4.70. The number of carbonyl (C=O) groups excluding carboxylic acids is 3. The smallest absolute Gasteiger partial charge is 0.425 e. The van der Waals surface area contributed by atoms with E-state index in [0.717, 1.165) is 28.0 Å². The van der Waals surface area contributed by atoms with Crippen molar-refractivity contribution in [3.05, 3.63) is 22.8 Å². The average Bonchev–Trinajstić information content (AvgIpc) is 3.16. The van der Waals surface area contributed by atoms with Crippen LogP contribution in [0.1, 0.15) is 12.6 Å². The number of hydrogen-bond acceptors (Lipinski definition) is 9. The third-order valence-corrected chi connectivity index (χ3v) is 6.42. The summed E-state index contributed by atoms with van der Waals surface area (Å²) in [6, 6.07) is -1.07. The first-order chi connectivity index (χ1) is 15.0. The van der Waals surface area contributed by atoms with Crippen molar-refractivity contribution in [1.82, 2.24) is 15.2 Å². The van der Waals surface area contributed by atoms with E-state index < -0.39 is 52.9 Å². The minimum absolute atomic E-state index is 0.0184. The van der Waals surface area contributed by atoms with E-state index in [1.807, 2.05) is 0 Å². The Labute approximate surface area is 185 Å². The fourth-order valence-electron chi connectivity index (χ4n) is 2.75. The maximum absolute atomic E-state index is 12.7. The zero-order valence-corrected chi connectivity index (χ0v) is 17.6. The van der Waals surface area contributed by atoms with Gasteiger partial charge in [-0.2, -0.15) is 13.2 Å². The van der Waals surface area contributed by atoms with Gasteiger partial charge < -0.3 is 25.5 Å². The van der Waals surface area contributed by atoms with E-state index in [2.05, 4.69) is 25.6 Å². The highest BCUT2D eigenvalue weighted by molar-refractivity contribution is 8.00. The monoisotopic (exact) mass is 493 g/mol. The van der Waals surface area contributed by atoms with Gasteiger partial charge in [0.2, 0.25) is 13.0 Å². The van der Waals surface area contributed by atoms with Crippen molar-refractivity contribution in [1.29, 1.82) is 0 Å². The quantitative estimate of drug-likeness (QED) is 0.208. The molecule has 3 amide bonds. The maximum atomic E-state index is 12.7. The molecule has 0 bridgehead atoms. The lowest BCUT2D eigenvalue weighted by Gasteiger charge is -2.48. The van der Waals surface area contributed by atoms with Gasteiger partial charge >= 0.3 is 12.1 Å². The number of aliphatic carboxylic acids is 1. The first-order valence-electron chi connectivity index (χ1n) is 8.68. The normalized spacial score (nSPS) is 22.9. The molecule has 1 aromatic rings. The molecule has 172 valence electrons. The molecule has 0 spiro atoms. The number of nitrogens with one attached hydrogen (secondary N) is 2. The van der Waals surface area contributed by atoms with Crippen molar-refractivity contribution in [2.75, 3.05) is 11.9 Å². The Morgan fingerprint density at radius 2 is 2.16 bits per heavy atom. The van der Waals surface area contributed by atoms with Crippen molar-refractivity contribution < 1.29 is 42.3 Å². The average molecular weight is 493 g/mol. The summed E-state index contributed by atoms with van der Waals surface area (Å²) in [4.78, 5) is 56.1. The topological polar surface area (TPSA) is 150 Å². The van der Waals surface area contributed by atoms with E-state index >= 15 is 0 Å². The number of rotatable bonds is 8. The van der Waals surface area contributed by atoms with Gasteiger partial charge in [0, 0.05) is 16.8 Å². The molecule has 3 atom stereocenters. The van der Waals surface area contributed by atoms with E-state index in [-0.39, 0.29) is 16.4 Å². The number of β-lactam (4-membered cyclic amide) rings is 1. The van der Waals surface area contributed by atoms with Crippen LogP contribution in [0.25, 0.3) is 0 Å². The highest BCUT2D eigenvalue weighted by atomic mass is 32.2. The van der Waals surface area contributed by atoms with Crippen molar-refractivity contribution in [2.45, 2.75) is 29.8 Å². The van der Waals surface area contributed by atoms with E-state index in [4.69, 9.17) is 0 Å². The number of thioether (sulfide) groups is 1. The molecule has 1 aromatic heterocycles. The summed E-state index contributed by atoms with van der Waals surface area (Å²) < 4.78 is 37.2. The second-order valence-electron chi connectivity index (χ2n) is 6.38. The number of fused-ring (bicyclic) bond motifs is 1. The molecule has 16 heteroatoms. The summed E-state index contributed by atoms with van der Waals surface area (Å²) in [5.41, 5.74) is -0.795. The molecule has 32 heavy (non-hydrogen) atoms. The van der Waals surface area contributed by atoms with Crippen LogP contribution in [0.4, 0.5) is 18.3 Å². The number of carboxylic acids is 1. The molecular weight excluding hydrogens is 479 g/mol. The molecule has 3 N–H and O–H groups in total. The third-order valence-electron chi connectivity index (χ3n) is 4.20. The summed E-state index contributed by atoms with van der Waals surface area (Å²) in [5, 5.41) is 17.3. The lowest BCUT2D eigenvalue weighted by atomic mass is 10.1. The second kappa shape index (κ2) is 9.15. The molecule has 0 aliphatic carbocycles. The fourth-order valence-corrected chi connectivity index (χ4v) is 4.77. The van der Waals surface area contributed by atoms with Crippen molar-refractivity contribution in [3.63, 3.8) is 0 Å². The molecule has 0 saturated carbocycles. The highest BCUT2D eigenvalue weighted by Gasteiger charge is 2.52. The predicted octanol–water partition coefficient (Wildman–Crippen LogP) is 0.751. The largest absolute Gasteiger partial charge is 0.478 e. The molecule has 11 nitrogen and oxygen atoms in total. The van der Waals surface area contributed by atoms with Gasteiger partial charge in [-0.3, -0.25) is 14.4 Å². The molecule has 3 rings (SSSR count). The van der Waals surface area contributed by atoms with Gasteiger partial charge in [-0.15, -0.1) is 23.1 Å². The number of nitrogens with zero attached hydrogens (tertiary/aromatic N) is 3. The zero-order chi connectivity index (χ0) is 23.6. The molecule has 2 unspecified atom stereocenters. The first-order valence-corrected chi connectivity index (χ1v) is 10.5. The Kier molecular flexibility index (Phi) is 6.73. The SMILES string of the molecule is CC1S[C@@H]2C(NC(=O)C(=NOCC(F)(F)F)c3csc(NC=O)n3)C(=O)N2C=C1C(=O)O. The minimum Gasteiger partial charge on any atom is -0.478 e. The van der Waals surface area contributed by atoms with Gasteiger partial charge in [0.05, 0.1) is 5.57 Å². The zero-order valence-electron chi connectivity index (χ0n) is 16.0. The van der Waals surface area contributed by atoms with Crippen LogP contribution in [0, 0.1) is 0 Å². The van der Waals surface area contributed by atoms with Crippen LogP contribution in [0.3, 0.4) is 0 Å². The van der Waals surface area contributed by atoms with Crippen LogP contribution >= 0.6 is 23.1 Å². The fraction of sp³-hybridized carbons (Fsp3) is 0.375. The van der Waals surface area contributed by atoms with Gasteiger partial charge in [-0.05, 0) is 6.92 Å². The third kappa shape index (κ3) is 5.01. The Morgan fingerprint density at radius 3 is 2.78 bits per heavy atom. The number of halogens is 3. The summed E-state index contributed by atoms with van der Waals surface area (Å²) in [5.74, 6) is -2.81. The Morgan fingerprint density at radius 1 is 1.44 bits per heavy atom. The van der Waals surface area contributed by atoms with Gasteiger partial charge in [-0.1, -0.05) is 5.16 Å². The number of thiazole rings is 1. The standard InChI is InChI=1S/C16H14F3N5O6S2/c1-6-7(14(28)29)2-24-12(27)10(13(24)32-6)22-11(26)9(23-30-4-16(17,18)19)8-3-31-15(21-8)20-5-25/h2-3,5-6,10,13H,4H2,1H3,(H,22,26)(H,28,29)(H,20,21,25)/t6?,10?,13-/m1/s1. The summed E-state index contributed by atoms with van der Waals surface area (Å²) in [6.45, 7) is -0.138. The van der Waals surface area contributed by atoms with E-state index in [1.54, 1.807) is 6.92 Å². The van der Waals surface area contributed by atoms with Gasteiger partial charge in [-0.25, -0.2) is 9.78 Å². The van der Waals surface area contributed by atoms with Crippen LogP contribution in [-0.2, 0) is 24.0 Å². The predicted molar refractivity (Wildman–Crippen MR) is 106 cm³/mol. The molecular formula is C16H14F3N5O6S2. The molecule has 3 heterocycles. The lowest BCUT2D eigenvalue weighted by Crippen LogP contribution is -2.69. The Balaban J connectivity index is 1.78. The number of alkyl halides is 3. The van der Waals surface area contributed by atoms with Crippen molar-refractivity contribution in [2.24, 2.45) is 5.16 Å². The molecule has 2 aliphatic rings. The summed E-state index contributed by atoms with van der Waals surface area (Å²) >= 11 is 2.01. The number of amides is 3. The van der Waals surface area contributed by atoms with Crippen LogP contribution in [0.2, 0.25) is 0 Å². The first kappa shape index (κ1) is 23.5. The van der Waals surface area contributed by atoms with E-state index in [9.17, 15) is 37.5 Å². The van der Waals surface area contributed by atoms with E-state index in [1.165, 1.54) is 11.6 Å². The molecule has 0 aromatic carbocycles. The number of aromatic nitrogens is 1. The molecule has 1 saturated heterocycles. The summed E-state index contributed by atoms with van der Waals surface area (Å²) in [7, 11) is 0. The number of carboxylic acid groups (broad SMARTS) is 1. The molecule has 0 radical (unpaired) electrons. The van der Waals surface area contributed by atoms with Gasteiger partial charge in [0.25, 0.3) is 11.8 Å². The number of anilines is 1. The highest BCUT2D eigenvalue weighted by Crippen LogP contribution is 2.40. The van der Waals surface area contributed by atoms with Gasteiger partial charge in [0.15, 0.2) is 10.8 Å². The summed E-state index contributed by atoms with van der Waals surface area (Å²) in [6.07, 6.45) is -3.19. The van der Waals surface area contributed by atoms with Crippen LogP contribution < -0.4 is 10.6 Å². The molecule has 2 aliphatic heterocycles. The second-order valence-corrected chi connectivity index (χ2v) is 8.70.